The molecule has 1 heterocycles. The van der Waals surface area contributed by atoms with Crippen LogP contribution in [0.3, 0.4) is 0 Å². The number of rotatable bonds is 4. The summed E-state index contributed by atoms with van der Waals surface area (Å²) in [6, 6.07) is 18.5. The Bertz CT molecular complexity index is 1080. The minimum absolute atomic E-state index is 0. The Balaban J connectivity index is 0.00000144. The summed E-state index contributed by atoms with van der Waals surface area (Å²) in [5.74, 6) is 0. The number of benzene rings is 2. The van der Waals surface area contributed by atoms with E-state index in [1.807, 2.05) is 3.28 Å². The molecule has 2 aromatic carbocycles. The second-order valence-corrected chi connectivity index (χ2v) is 37.2. The Morgan fingerprint density at radius 1 is 0.781 bits per heavy atom. The fourth-order valence-corrected chi connectivity index (χ4v) is 30.5. The van der Waals surface area contributed by atoms with E-state index in [1.165, 1.54) is 6.42 Å². The van der Waals surface area contributed by atoms with Gasteiger partial charge in [-0.25, -0.2) is 0 Å². The third-order valence-electron chi connectivity index (χ3n) is 7.03. The first-order valence-corrected chi connectivity index (χ1v) is 26.8. The van der Waals surface area contributed by atoms with Gasteiger partial charge in [-0.2, -0.15) is 0 Å². The zero-order valence-corrected chi connectivity index (χ0v) is 27.1. The molecule has 0 aromatic heterocycles. The second-order valence-electron chi connectivity index (χ2n) is 11.4. The normalized spacial score (nSPS) is 16.4. The Labute approximate surface area is 217 Å². The zero-order chi connectivity index (χ0) is 21.3. The van der Waals surface area contributed by atoms with Crippen LogP contribution >= 0.6 is 0 Å². The molecule has 1 fully saturated rings. The van der Waals surface area contributed by atoms with E-state index < -0.39 is 36.5 Å². The summed E-state index contributed by atoms with van der Waals surface area (Å²) in [6.45, 7) is 15.0. The van der Waals surface area contributed by atoms with Crippen LogP contribution in [-0.4, -0.2) is 21.6 Å². The van der Waals surface area contributed by atoms with Gasteiger partial charge in [0.15, 0.2) is 0 Å². The molecule has 2 aromatic rings. The summed E-state index contributed by atoms with van der Waals surface area (Å²) < 4.78 is 2.71. The van der Waals surface area contributed by atoms with E-state index in [0.29, 0.717) is 0 Å². The van der Waals surface area contributed by atoms with Crippen LogP contribution < -0.4 is 35.2 Å². The van der Waals surface area contributed by atoms with Crippen molar-refractivity contribution in [2.45, 2.75) is 61.4 Å². The van der Waals surface area contributed by atoms with Crippen LogP contribution in [0.2, 0.25) is 51.4 Å². The molecule has 6 heteroatoms. The molecular formula is C26H34Cl2Si3Zr. The first kappa shape index (κ1) is 26.6. The van der Waals surface area contributed by atoms with Gasteiger partial charge in [-0.3, -0.25) is 0 Å². The van der Waals surface area contributed by atoms with Gasteiger partial charge in [0, 0.05) is 0 Å². The zero-order valence-electron chi connectivity index (χ0n) is 20.2. The van der Waals surface area contributed by atoms with Gasteiger partial charge in [0.2, 0.25) is 0 Å². The van der Waals surface area contributed by atoms with Crippen LogP contribution in [0.4, 0.5) is 0 Å². The van der Waals surface area contributed by atoms with Crippen molar-refractivity contribution in [2.75, 3.05) is 0 Å². The van der Waals surface area contributed by atoms with Crippen LogP contribution in [0.1, 0.15) is 21.2 Å². The SMILES string of the molecule is C[Si](C)(C)c1ccc2c(c1)[CH]([Zr+2]([C]1=CC=CC1)=[Si]1CC1)c1cc([Si](C)(C)C)ccc1-2.[Cl-].[Cl-]. The molecule has 0 unspecified atom stereocenters. The summed E-state index contributed by atoms with van der Waals surface area (Å²) in [7, 11) is -2.64. The Hall–Kier alpha value is 0.0338. The third-order valence-corrected chi connectivity index (χ3v) is 31.4. The van der Waals surface area contributed by atoms with Gasteiger partial charge < -0.3 is 24.8 Å². The largest absolute Gasteiger partial charge is 1.00 e. The summed E-state index contributed by atoms with van der Waals surface area (Å²) >= 11 is -1.73. The van der Waals surface area contributed by atoms with Crippen molar-refractivity contribution in [3.8, 4) is 11.1 Å². The van der Waals surface area contributed by atoms with E-state index in [4.69, 9.17) is 0 Å². The van der Waals surface area contributed by atoms with Gasteiger partial charge in [-0.15, -0.1) is 0 Å². The van der Waals surface area contributed by atoms with Crippen molar-refractivity contribution in [3.63, 3.8) is 0 Å². The summed E-state index contributed by atoms with van der Waals surface area (Å²) in [5, 5.41) is 3.30. The van der Waals surface area contributed by atoms with Crippen LogP contribution in [-0.2, 0) is 20.4 Å². The summed E-state index contributed by atoms with van der Waals surface area (Å²) in [6.07, 6.45) is 8.60. The van der Waals surface area contributed by atoms with Gasteiger partial charge in [0.1, 0.15) is 0 Å². The van der Waals surface area contributed by atoms with E-state index in [1.54, 1.807) is 44.7 Å². The van der Waals surface area contributed by atoms with Crippen molar-refractivity contribution in [1.82, 2.24) is 0 Å². The average molecular weight is 593 g/mol. The van der Waals surface area contributed by atoms with E-state index >= 15 is 0 Å². The van der Waals surface area contributed by atoms with E-state index in [-0.39, 0.29) is 30.2 Å². The molecule has 0 radical (unpaired) electrons. The fraction of sp³-hybridized carbons (Fsp3) is 0.385. The molecule has 0 N–H and O–H groups in total. The van der Waals surface area contributed by atoms with E-state index in [2.05, 4.69) is 93.9 Å². The van der Waals surface area contributed by atoms with Crippen LogP contribution in [0.5, 0.6) is 0 Å². The molecule has 2 aliphatic carbocycles. The van der Waals surface area contributed by atoms with Crippen molar-refractivity contribution < 1.29 is 45.2 Å². The van der Waals surface area contributed by atoms with Gasteiger partial charge in [0.25, 0.3) is 0 Å². The Kier molecular flexibility index (Phi) is 7.98. The minimum atomic E-state index is -1.73. The Morgan fingerprint density at radius 2 is 1.28 bits per heavy atom. The van der Waals surface area contributed by atoms with Crippen molar-refractivity contribution in [3.05, 3.63) is 69.0 Å². The molecule has 1 saturated heterocycles. The first-order chi connectivity index (χ1) is 14.1. The van der Waals surface area contributed by atoms with E-state index in [0.717, 1.165) is 3.63 Å². The minimum Gasteiger partial charge on any atom is -1.00 e. The molecule has 0 amide bonds. The van der Waals surface area contributed by atoms with E-state index in [9.17, 15) is 0 Å². The van der Waals surface area contributed by atoms with Gasteiger partial charge in [-0.05, 0) is 0 Å². The molecule has 0 nitrogen and oxygen atoms in total. The number of fused-ring (bicyclic) bond motifs is 3. The average Bonchev–Trinajstić information content (AvgIpc) is 3.26. The van der Waals surface area contributed by atoms with Crippen LogP contribution in [0, 0.1) is 0 Å². The smallest absolute Gasteiger partial charge is 1.00 e. The predicted octanol–water partition coefficient (Wildman–Crippen LogP) is 0.322. The predicted molar refractivity (Wildman–Crippen MR) is 137 cm³/mol. The monoisotopic (exact) mass is 590 g/mol. The third kappa shape index (κ3) is 4.88. The molecule has 3 aliphatic rings. The summed E-state index contributed by atoms with van der Waals surface area (Å²) in [5.41, 5.74) is 6.58. The number of halogens is 2. The quantitative estimate of drug-likeness (QED) is 0.449. The van der Waals surface area contributed by atoms with Gasteiger partial charge in [-0.1, -0.05) is 0 Å². The van der Waals surface area contributed by atoms with Crippen molar-refractivity contribution in [2.24, 2.45) is 0 Å². The second kappa shape index (κ2) is 9.59. The molecule has 1 aliphatic heterocycles. The standard InChI is InChI=1S/C19H25Si2.C5H5.C2H4Si.2ClH.Zr/c1-20(2,3)16-7-9-18-14(12-16)11-15-13-17(21(4,5)6)8-10-19(15)18;1-2-4-5-3-1;1-2-3-1;;;/h7-13H,1-6H3;1-3H,4H2;1-2H2;2*1H;/q;;;;;+2/p-2. The molecule has 0 spiro atoms. The number of hydrogen-bond donors (Lipinski definition) is 0. The molecule has 32 heavy (non-hydrogen) atoms. The van der Waals surface area contributed by atoms with Gasteiger partial charge in [0.05, 0.1) is 0 Å². The van der Waals surface area contributed by atoms with Crippen molar-refractivity contribution >= 4 is 32.0 Å². The first-order valence-electron chi connectivity index (χ1n) is 11.5. The molecule has 0 bridgehead atoms. The Morgan fingerprint density at radius 3 is 1.66 bits per heavy atom. The maximum absolute atomic E-state index is 2.69. The van der Waals surface area contributed by atoms with Crippen LogP contribution in [0.25, 0.3) is 11.1 Å². The van der Waals surface area contributed by atoms with Crippen molar-refractivity contribution in [1.29, 1.82) is 0 Å². The number of allylic oxidation sites excluding steroid dienone is 4. The molecule has 168 valence electrons. The number of hydrogen-bond acceptors (Lipinski definition) is 0. The molecular weight excluding hydrogens is 559 g/mol. The maximum atomic E-state index is 2.69. The molecule has 5 rings (SSSR count). The topological polar surface area (TPSA) is 0 Å². The maximum Gasteiger partial charge on any atom is -1.00 e. The summed E-state index contributed by atoms with van der Waals surface area (Å²) in [4.78, 5) is 0. The van der Waals surface area contributed by atoms with Crippen LogP contribution in [0.15, 0.2) is 57.9 Å². The molecule has 0 atom stereocenters. The van der Waals surface area contributed by atoms with Gasteiger partial charge >= 0.3 is 194 Å². The fourth-order valence-electron chi connectivity index (χ4n) is 5.10. The molecule has 0 saturated carbocycles.